The summed E-state index contributed by atoms with van der Waals surface area (Å²) in [4.78, 5) is 29.6. The lowest BCUT2D eigenvalue weighted by atomic mass is 10.1. The fraction of sp³-hybridized carbons (Fsp3) is 0.0455. The molecule has 0 spiro atoms. The van der Waals surface area contributed by atoms with Gasteiger partial charge < -0.3 is 14.5 Å². The molecule has 150 valence electrons. The first-order valence-corrected chi connectivity index (χ1v) is 10.5. The van der Waals surface area contributed by atoms with Crippen molar-refractivity contribution < 1.29 is 18.7 Å². The molecule has 0 fully saturated rings. The van der Waals surface area contributed by atoms with Crippen LogP contribution in [0.15, 0.2) is 80.3 Å². The van der Waals surface area contributed by atoms with Crippen molar-refractivity contribution in [3.05, 3.63) is 81.4 Å². The van der Waals surface area contributed by atoms with Gasteiger partial charge in [0.15, 0.2) is 12.4 Å². The highest BCUT2D eigenvalue weighted by Crippen LogP contribution is 2.27. The molecule has 1 N–H and O–H groups in total. The number of anilines is 1. The Hall–Kier alpha value is -2.97. The second-order valence-corrected chi connectivity index (χ2v) is 8.07. The number of para-hydroxylation sites is 1. The summed E-state index contributed by atoms with van der Waals surface area (Å²) >= 11 is 6.73. The number of rotatable bonds is 5. The van der Waals surface area contributed by atoms with E-state index < -0.39 is 18.5 Å². The van der Waals surface area contributed by atoms with Gasteiger partial charge in [0.2, 0.25) is 0 Å². The molecule has 0 radical (unpaired) electrons. The summed E-state index contributed by atoms with van der Waals surface area (Å²) in [6.45, 7) is -0.423. The Morgan fingerprint density at radius 3 is 2.63 bits per heavy atom. The number of carbonyl (C=O) groups excluding carboxylic acids is 2. The molecule has 2 heterocycles. The largest absolute Gasteiger partial charge is 0.463 e. The number of amides is 1. The van der Waals surface area contributed by atoms with E-state index in [0.29, 0.717) is 38.1 Å². The first kappa shape index (κ1) is 20.3. The van der Waals surface area contributed by atoms with E-state index in [-0.39, 0.29) is 0 Å². The van der Waals surface area contributed by atoms with Gasteiger partial charge in [0, 0.05) is 14.3 Å². The van der Waals surface area contributed by atoms with Crippen molar-refractivity contribution in [1.29, 1.82) is 0 Å². The number of fused-ring (bicyclic) bond motifs is 1. The number of nitrogens with one attached hydrogen (secondary N) is 1. The number of halogens is 2. The van der Waals surface area contributed by atoms with Gasteiger partial charge in [-0.05, 0) is 58.4 Å². The van der Waals surface area contributed by atoms with E-state index in [2.05, 4.69) is 42.2 Å². The molecule has 2 aromatic heterocycles. The number of carbonyl (C=O) groups is 2. The summed E-state index contributed by atoms with van der Waals surface area (Å²) in [5.74, 6) is -0.532. The summed E-state index contributed by atoms with van der Waals surface area (Å²) in [7, 11) is 0. The van der Waals surface area contributed by atoms with Crippen LogP contribution in [0.1, 0.15) is 10.4 Å². The van der Waals surface area contributed by atoms with Crippen LogP contribution in [0, 0.1) is 0 Å². The zero-order chi connectivity index (χ0) is 21.1. The zero-order valence-corrected chi connectivity index (χ0v) is 18.6. The number of furan rings is 1. The number of pyridine rings is 1. The van der Waals surface area contributed by atoms with Crippen LogP contribution in [0.25, 0.3) is 22.4 Å². The maximum atomic E-state index is 12.8. The fourth-order valence-corrected chi connectivity index (χ4v) is 4.03. The molecule has 6 nitrogen and oxygen atoms in total. The Morgan fingerprint density at radius 1 is 1.03 bits per heavy atom. The second kappa shape index (κ2) is 8.81. The van der Waals surface area contributed by atoms with Gasteiger partial charge in [0.1, 0.15) is 5.69 Å². The van der Waals surface area contributed by atoms with Crippen LogP contribution in [0.5, 0.6) is 0 Å². The van der Waals surface area contributed by atoms with Gasteiger partial charge in [-0.1, -0.05) is 34.1 Å². The Bertz CT molecular complexity index is 1240. The number of ether oxygens (including phenoxy) is 1. The SMILES string of the molecule is O=C(COC(=O)c1cc(-c2ccco2)nc2ccccc12)Nc1ccc(Br)cc1Br. The Balaban J connectivity index is 1.53. The molecule has 1 amide bonds. The minimum Gasteiger partial charge on any atom is -0.463 e. The van der Waals surface area contributed by atoms with Gasteiger partial charge in [0.05, 0.1) is 23.0 Å². The highest BCUT2D eigenvalue weighted by atomic mass is 79.9. The molecule has 0 bridgehead atoms. The minimum absolute atomic E-state index is 0.310. The predicted molar refractivity (Wildman–Crippen MR) is 120 cm³/mol. The topological polar surface area (TPSA) is 81.4 Å². The maximum Gasteiger partial charge on any atom is 0.339 e. The predicted octanol–water partition coefficient (Wildman–Crippen LogP) is 5.82. The monoisotopic (exact) mass is 528 g/mol. The van der Waals surface area contributed by atoms with Crippen LogP contribution >= 0.6 is 31.9 Å². The molecule has 30 heavy (non-hydrogen) atoms. The van der Waals surface area contributed by atoms with E-state index in [9.17, 15) is 9.59 Å². The highest BCUT2D eigenvalue weighted by molar-refractivity contribution is 9.11. The summed E-state index contributed by atoms with van der Waals surface area (Å²) in [6.07, 6.45) is 1.54. The number of benzene rings is 2. The third-order valence-corrected chi connectivity index (χ3v) is 5.40. The molecule has 4 aromatic rings. The quantitative estimate of drug-likeness (QED) is 0.330. The van der Waals surface area contributed by atoms with Gasteiger partial charge in [-0.3, -0.25) is 4.79 Å². The van der Waals surface area contributed by atoms with Crippen molar-refractivity contribution in [1.82, 2.24) is 4.98 Å². The minimum atomic E-state index is -0.619. The molecule has 2 aromatic carbocycles. The lowest BCUT2D eigenvalue weighted by Gasteiger charge is -2.10. The van der Waals surface area contributed by atoms with Crippen molar-refractivity contribution in [2.24, 2.45) is 0 Å². The summed E-state index contributed by atoms with van der Waals surface area (Å²) in [5.41, 5.74) is 2.02. The number of hydrogen-bond donors (Lipinski definition) is 1. The molecule has 0 aliphatic carbocycles. The molecule has 0 atom stereocenters. The van der Waals surface area contributed by atoms with Crippen LogP contribution in [0.2, 0.25) is 0 Å². The molecular formula is C22H14Br2N2O4. The van der Waals surface area contributed by atoms with Crippen molar-refractivity contribution in [3.8, 4) is 11.5 Å². The lowest BCUT2D eigenvalue weighted by molar-refractivity contribution is -0.119. The molecule has 0 saturated carbocycles. The molecule has 0 aliphatic heterocycles. The smallest absolute Gasteiger partial charge is 0.339 e. The number of esters is 1. The normalized spacial score (nSPS) is 10.7. The summed E-state index contributed by atoms with van der Waals surface area (Å²) in [6, 6.07) is 17.7. The standard InChI is InChI=1S/C22H14Br2N2O4/c23-13-7-8-18(16(24)10-13)26-21(27)12-30-22(28)15-11-19(20-6-3-9-29-20)25-17-5-2-1-4-14(15)17/h1-11H,12H2,(H,26,27). The summed E-state index contributed by atoms with van der Waals surface area (Å²) in [5, 5.41) is 3.34. The van der Waals surface area contributed by atoms with Gasteiger partial charge in [-0.25, -0.2) is 9.78 Å². The zero-order valence-electron chi connectivity index (χ0n) is 15.4. The van der Waals surface area contributed by atoms with Gasteiger partial charge in [-0.2, -0.15) is 0 Å². The molecule has 0 aliphatic rings. The molecule has 8 heteroatoms. The van der Waals surface area contributed by atoms with Crippen LogP contribution in [0.3, 0.4) is 0 Å². The first-order chi connectivity index (χ1) is 14.5. The first-order valence-electron chi connectivity index (χ1n) is 8.87. The van der Waals surface area contributed by atoms with Crippen LogP contribution in [-0.2, 0) is 9.53 Å². The Morgan fingerprint density at radius 2 is 1.87 bits per heavy atom. The lowest BCUT2D eigenvalue weighted by Crippen LogP contribution is -2.21. The maximum absolute atomic E-state index is 12.8. The number of nitrogens with zero attached hydrogens (tertiary/aromatic N) is 1. The second-order valence-electron chi connectivity index (χ2n) is 6.30. The van der Waals surface area contributed by atoms with E-state index in [4.69, 9.17) is 9.15 Å². The fourth-order valence-electron chi connectivity index (χ4n) is 2.88. The van der Waals surface area contributed by atoms with Crippen molar-refractivity contribution >= 4 is 60.3 Å². The number of hydrogen-bond acceptors (Lipinski definition) is 5. The van der Waals surface area contributed by atoms with Crippen molar-refractivity contribution in [3.63, 3.8) is 0 Å². The Labute approximate surface area is 188 Å². The van der Waals surface area contributed by atoms with E-state index in [1.807, 2.05) is 12.1 Å². The van der Waals surface area contributed by atoms with Gasteiger partial charge in [-0.15, -0.1) is 0 Å². The van der Waals surface area contributed by atoms with E-state index in [0.717, 1.165) is 4.47 Å². The van der Waals surface area contributed by atoms with Crippen molar-refractivity contribution in [2.45, 2.75) is 0 Å². The number of aromatic nitrogens is 1. The van der Waals surface area contributed by atoms with Crippen LogP contribution in [-0.4, -0.2) is 23.5 Å². The highest BCUT2D eigenvalue weighted by Gasteiger charge is 2.17. The van der Waals surface area contributed by atoms with E-state index in [1.54, 1.807) is 48.5 Å². The average molecular weight is 530 g/mol. The van der Waals surface area contributed by atoms with Gasteiger partial charge in [0.25, 0.3) is 5.91 Å². The molecule has 0 unspecified atom stereocenters. The van der Waals surface area contributed by atoms with E-state index >= 15 is 0 Å². The average Bonchev–Trinajstić information content (AvgIpc) is 3.28. The van der Waals surface area contributed by atoms with Crippen LogP contribution < -0.4 is 5.32 Å². The van der Waals surface area contributed by atoms with E-state index in [1.165, 1.54) is 6.26 Å². The summed E-state index contributed by atoms with van der Waals surface area (Å²) < 4.78 is 12.3. The molecule has 0 saturated heterocycles. The molecule has 4 rings (SSSR count). The Kier molecular flexibility index (Phi) is 5.96. The molecular weight excluding hydrogens is 516 g/mol. The van der Waals surface area contributed by atoms with Crippen LogP contribution in [0.4, 0.5) is 5.69 Å². The van der Waals surface area contributed by atoms with Crippen molar-refractivity contribution in [2.75, 3.05) is 11.9 Å². The van der Waals surface area contributed by atoms with Gasteiger partial charge >= 0.3 is 5.97 Å². The third kappa shape index (κ3) is 4.44. The third-order valence-electron chi connectivity index (χ3n) is 4.25.